The number of nitrogens with one attached hydrogen (secondary N) is 1. The van der Waals surface area contributed by atoms with Gasteiger partial charge in [0.25, 0.3) is 5.91 Å². The Kier molecular flexibility index (Phi) is 7.35. The molecule has 0 saturated heterocycles. The van der Waals surface area contributed by atoms with Gasteiger partial charge in [-0.1, -0.05) is 25.7 Å². The number of benzene rings is 1. The summed E-state index contributed by atoms with van der Waals surface area (Å²) in [6, 6.07) is 3.18. The fraction of sp³-hybridized carbons (Fsp3) is 0.632. The van der Waals surface area contributed by atoms with Crippen molar-refractivity contribution in [3.05, 3.63) is 17.7 Å². The molecule has 7 nitrogen and oxygen atoms in total. The van der Waals surface area contributed by atoms with Crippen LogP contribution in [-0.2, 0) is 10.0 Å². The Balaban J connectivity index is 2.43. The van der Waals surface area contributed by atoms with Crippen LogP contribution in [0.2, 0.25) is 0 Å². The van der Waals surface area contributed by atoms with Crippen molar-refractivity contribution in [3.8, 4) is 11.5 Å². The molecule has 0 bridgehead atoms. The molecule has 1 aliphatic carbocycles. The van der Waals surface area contributed by atoms with E-state index in [0.717, 1.165) is 30.0 Å². The maximum atomic E-state index is 13.0. The molecule has 0 unspecified atom stereocenters. The minimum absolute atomic E-state index is 0.0679. The molecule has 2 rings (SSSR count). The van der Waals surface area contributed by atoms with E-state index in [1.54, 1.807) is 13.0 Å². The largest absolute Gasteiger partial charge is 0.493 e. The quantitative estimate of drug-likeness (QED) is 0.714. The van der Waals surface area contributed by atoms with Gasteiger partial charge >= 0.3 is 0 Å². The van der Waals surface area contributed by atoms with Crippen molar-refractivity contribution in [2.45, 2.75) is 51.5 Å². The summed E-state index contributed by atoms with van der Waals surface area (Å²) in [5, 5.41) is 3.07. The average Bonchev–Trinajstić information content (AvgIpc) is 2.94. The minimum atomic E-state index is -3.53. The van der Waals surface area contributed by atoms with Crippen LogP contribution in [0, 0.1) is 0 Å². The Morgan fingerprint density at radius 1 is 1.11 bits per heavy atom. The van der Waals surface area contributed by atoms with Crippen molar-refractivity contribution in [1.82, 2.24) is 5.32 Å². The topological polar surface area (TPSA) is 84.9 Å². The van der Waals surface area contributed by atoms with Crippen molar-refractivity contribution in [2.75, 3.05) is 31.3 Å². The van der Waals surface area contributed by atoms with Gasteiger partial charge < -0.3 is 14.8 Å². The van der Waals surface area contributed by atoms with Crippen molar-refractivity contribution in [1.29, 1.82) is 0 Å². The third kappa shape index (κ3) is 5.06. The number of hydrogen-bond donors (Lipinski definition) is 1. The lowest BCUT2D eigenvalue weighted by molar-refractivity contribution is 0.0933. The van der Waals surface area contributed by atoms with Gasteiger partial charge in [-0.15, -0.1) is 0 Å². The number of rotatable bonds is 7. The van der Waals surface area contributed by atoms with E-state index in [0.29, 0.717) is 11.5 Å². The second kappa shape index (κ2) is 9.30. The number of carbonyl (C=O) groups is 1. The Morgan fingerprint density at radius 2 is 1.67 bits per heavy atom. The summed E-state index contributed by atoms with van der Waals surface area (Å²) < 4.78 is 36.5. The Bertz CT molecular complexity index is 756. The smallest absolute Gasteiger partial charge is 0.253 e. The molecule has 0 radical (unpaired) electrons. The highest BCUT2D eigenvalue weighted by Crippen LogP contribution is 2.36. The first-order chi connectivity index (χ1) is 12.8. The van der Waals surface area contributed by atoms with E-state index in [-0.39, 0.29) is 29.0 Å². The Hall–Kier alpha value is -1.96. The maximum absolute atomic E-state index is 13.0. The monoisotopic (exact) mass is 398 g/mol. The summed E-state index contributed by atoms with van der Waals surface area (Å²) in [5.41, 5.74) is 0.539. The van der Waals surface area contributed by atoms with E-state index in [1.165, 1.54) is 40.2 Å². The van der Waals surface area contributed by atoms with E-state index in [4.69, 9.17) is 9.47 Å². The fourth-order valence-corrected chi connectivity index (χ4v) is 4.18. The molecule has 1 aromatic rings. The summed E-state index contributed by atoms with van der Waals surface area (Å²) in [6.07, 6.45) is 6.44. The SMILES string of the molecule is CCS(=O)(=O)N(C)c1cc(OC)c(OC)cc1C(=O)NC1CCCCCC1. The number of ether oxygens (including phenoxy) is 2. The zero-order valence-electron chi connectivity index (χ0n) is 16.6. The Labute approximate surface area is 162 Å². The van der Waals surface area contributed by atoms with Gasteiger partial charge in [-0.05, 0) is 25.8 Å². The Morgan fingerprint density at radius 3 is 2.19 bits per heavy atom. The highest BCUT2D eigenvalue weighted by atomic mass is 32.2. The van der Waals surface area contributed by atoms with Crippen LogP contribution in [0.4, 0.5) is 5.69 Å². The van der Waals surface area contributed by atoms with Crippen molar-refractivity contribution in [2.24, 2.45) is 0 Å². The van der Waals surface area contributed by atoms with Gasteiger partial charge in [-0.25, -0.2) is 8.42 Å². The summed E-state index contributed by atoms with van der Waals surface area (Å²) in [5.74, 6) is 0.392. The lowest BCUT2D eigenvalue weighted by atomic mass is 10.1. The fourth-order valence-electron chi connectivity index (χ4n) is 3.34. The third-order valence-corrected chi connectivity index (χ3v) is 6.82. The van der Waals surface area contributed by atoms with Crippen LogP contribution in [0.25, 0.3) is 0 Å². The third-order valence-electron chi connectivity index (χ3n) is 5.06. The van der Waals surface area contributed by atoms with Crippen LogP contribution >= 0.6 is 0 Å². The van der Waals surface area contributed by atoms with Crippen LogP contribution in [0.5, 0.6) is 11.5 Å². The number of sulfonamides is 1. The molecule has 1 saturated carbocycles. The molecule has 8 heteroatoms. The van der Waals surface area contributed by atoms with Crippen molar-refractivity contribution >= 4 is 21.6 Å². The molecular formula is C19H30N2O5S. The predicted octanol–water partition coefficient (Wildman–Crippen LogP) is 2.94. The molecule has 0 atom stereocenters. The molecule has 1 aromatic carbocycles. The van der Waals surface area contributed by atoms with E-state index in [1.807, 2.05) is 0 Å². The molecule has 152 valence electrons. The number of nitrogens with zero attached hydrogens (tertiary/aromatic N) is 1. The van der Waals surface area contributed by atoms with Crippen molar-refractivity contribution in [3.63, 3.8) is 0 Å². The first-order valence-corrected chi connectivity index (χ1v) is 11.0. The molecule has 1 fully saturated rings. The molecule has 1 amide bonds. The summed E-state index contributed by atoms with van der Waals surface area (Å²) >= 11 is 0. The van der Waals surface area contributed by atoms with Gasteiger partial charge in [-0.3, -0.25) is 9.10 Å². The first kappa shape index (κ1) is 21.3. The number of carbonyl (C=O) groups excluding carboxylic acids is 1. The second-order valence-electron chi connectivity index (χ2n) is 6.75. The number of methoxy groups -OCH3 is 2. The van der Waals surface area contributed by atoms with E-state index in [9.17, 15) is 13.2 Å². The normalized spacial score (nSPS) is 15.7. The van der Waals surface area contributed by atoms with Crippen LogP contribution in [-0.4, -0.2) is 47.4 Å². The molecule has 0 spiro atoms. The van der Waals surface area contributed by atoms with Gasteiger partial charge in [0.05, 0.1) is 31.2 Å². The van der Waals surface area contributed by atoms with Crippen LogP contribution in [0.3, 0.4) is 0 Å². The van der Waals surface area contributed by atoms with Gasteiger partial charge in [-0.2, -0.15) is 0 Å². The van der Waals surface area contributed by atoms with Crippen LogP contribution in [0.1, 0.15) is 55.8 Å². The average molecular weight is 399 g/mol. The lowest BCUT2D eigenvalue weighted by Gasteiger charge is -2.24. The predicted molar refractivity (Wildman–Crippen MR) is 106 cm³/mol. The number of anilines is 1. The zero-order chi connectivity index (χ0) is 20.0. The summed E-state index contributed by atoms with van der Waals surface area (Å²) in [4.78, 5) is 13.0. The van der Waals surface area contributed by atoms with Crippen LogP contribution < -0.4 is 19.1 Å². The lowest BCUT2D eigenvalue weighted by Crippen LogP contribution is -2.36. The van der Waals surface area contributed by atoms with Gasteiger partial charge in [0.2, 0.25) is 10.0 Å². The van der Waals surface area contributed by atoms with Gasteiger partial charge in [0.15, 0.2) is 11.5 Å². The standard InChI is InChI=1S/C19H30N2O5S/c1-5-27(23,24)21(2)16-13-18(26-4)17(25-3)12-15(16)19(22)20-14-10-8-6-7-9-11-14/h12-14H,5-11H2,1-4H3,(H,20,22). The minimum Gasteiger partial charge on any atom is -0.493 e. The molecule has 1 N–H and O–H groups in total. The van der Waals surface area contributed by atoms with E-state index < -0.39 is 10.0 Å². The molecule has 0 heterocycles. The van der Waals surface area contributed by atoms with Gasteiger partial charge in [0.1, 0.15) is 0 Å². The molecule has 1 aliphatic rings. The highest BCUT2D eigenvalue weighted by molar-refractivity contribution is 7.92. The van der Waals surface area contributed by atoms with Crippen LogP contribution in [0.15, 0.2) is 12.1 Å². The summed E-state index contributed by atoms with van der Waals surface area (Å²) in [6.45, 7) is 1.57. The molecule has 0 aromatic heterocycles. The second-order valence-corrected chi connectivity index (χ2v) is 9.04. The zero-order valence-corrected chi connectivity index (χ0v) is 17.4. The molecule has 27 heavy (non-hydrogen) atoms. The molecule has 0 aliphatic heterocycles. The highest BCUT2D eigenvalue weighted by Gasteiger charge is 2.26. The summed E-state index contributed by atoms with van der Waals surface area (Å²) in [7, 11) is 0.870. The molecular weight excluding hydrogens is 368 g/mol. The van der Waals surface area contributed by atoms with Crippen molar-refractivity contribution < 1.29 is 22.7 Å². The van der Waals surface area contributed by atoms with E-state index in [2.05, 4.69) is 5.32 Å². The van der Waals surface area contributed by atoms with E-state index >= 15 is 0 Å². The number of amides is 1. The van der Waals surface area contributed by atoms with Gasteiger partial charge in [0, 0.05) is 19.2 Å². The maximum Gasteiger partial charge on any atom is 0.253 e. The number of hydrogen-bond acceptors (Lipinski definition) is 5. The first-order valence-electron chi connectivity index (χ1n) is 9.37.